The average molecular weight is 341 g/mol. The van der Waals surface area contributed by atoms with Crippen molar-refractivity contribution in [2.24, 2.45) is 11.8 Å². The van der Waals surface area contributed by atoms with Crippen LogP contribution >= 0.6 is 0 Å². The number of aryl methyl sites for hydroxylation is 1. The van der Waals surface area contributed by atoms with Gasteiger partial charge in [-0.25, -0.2) is 0 Å². The van der Waals surface area contributed by atoms with Gasteiger partial charge in [-0.05, 0) is 59.4 Å². The van der Waals surface area contributed by atoms with E-state index in [-0.39, 0.29) is 0 Å². The van der Waals surface area contributed by atoms with Gasteiger partial charge in [0, 0.05) is 0 Å². The van der Waals surface area contributed by atoms with E-state index in [1.807, 2.05) is 13.8 Å². The molecule has 0 radical (unpaired) electrons. The third-order valence-electron chi connectivity index (χ3n) is 5.44. The van der Waals surface area contributed by atoms with Crippen molar-refractivity contribution < 1.29 is 0 Å². The Morgan fingerprint density at radius 3 is 2.00 bits per heavy atom. The molecule has 0 fully saturated rings. The molecule has 0 amide bonds. The summed E-state index contributed by atoms with van der Waals surface area (Å²) in [6.45, 7) is 15.7. The SMILES string of the molecule is CC.CCCCC(C(C)C)C(CCC)c1ccc(C)c2ccccc12. The summed E-state index contributed by atoms with van der Waals surface area (Å²) in [5.74, 6) is 2.23. The number of benzene rings is 2. The highest BCUT2D eigenvalue weighted by molar-refractivity contribution is 5.89. The second-order valence-corrected chi connectivity index (χ2v) is 7.46. The van der Waals surface area contributed by atoms with Crippen molar-refractivity contribution in [1.29, 1.82) is 0 Å². The molecule has 0 N–H and O–H groups in total. The monoisotopic (exact) mass is 340 g/mol. The van der Waals surface area contributed by atoms with Gasteiger partial charge in [0.25, 0.3) is 0 Å². The summed E-state index contributed by atoms with van der Waals surface area (Å²) in [5, 5.41) is 2.91. The van der Waals surface area contributed by atoms with Gasteiger partial charge < -0.3 is 0 Å². The number of rotatable bonds is 8. The zero-order chi connectivity index (χ0) is 18.8. The van der Waals surface area contributed by atoms with E-state index in [1.54, 1.807) is 5.56 Å². The standard InChI is InChI=1S/C23H34.C2H6/c1-6-8-12-19(17(3)4)21(11-7-2)23-16-15-18(5)20-13-9-10-14-22(20)23;1-2/h9-10,13-17,19,21H,6-8,11-12H2,1-5H3;1-2H3. The van der Waals surface area contributed by atoms with Gasteiger partial charge >= 0.3 is 0 Å². The molecule has 0 aliphatic carbocycles. The molecule has 2 aromatic carbocycles. The Morgan fingerprint density at radius 2 is 1.44 bits per heavy atom. The smallest absolute Gasteiger partial charge is 0.0125 e. The molecule has 140 valence electrons. The van der Waals surface area contributed by atoms with Crippen LogP contribution in [0.4, 0.5) is 0 Å². The molecule has 2 aromatic rings. The predicted molar refractivity (Wildman–Crippen MR) is 116 cm³/mol. The summed E-state index contributed by atoms with van der Waals surface area (Å²) < 4.78 is 0. The summed E-state index contributed by atoms with van der Waals surface area (Å²) in [6.07, 6.45) is 6.59. The van der Waals surface area contributed by atoms with Gasteiger partial charge in [0.1, 0.15) is 0 Å². The number of unbranched alkanes of at least 4 members (excludes halogenated alkanes) is 1. The molecular weight excluding hydrogens is 300 g/mol. The van der Waals surface area contributed by atoms with Gasteiger partial charge in [-0.1, -0.05) is 97.2 Å². The first-order valence-corrected chi connectivity index (χ1v) is 10.6. The summed E-state index contributed by atoms with van der Waals surface area (Å²) in [4.78, 5) is 0. The Morgan fingerprint density at radius 1 is 0.800 bits per heavy atom. The van der Waals surface area contributed by atoms with Crippen LogP contribution in [0.25, 0.3) is 10.8 Å². The first-order chi connectivity index (χ1) is 12.1. The highest BCUT2D eigenvalue weighted by Gasteiger charge is 2.26. The molecule has 0 aliphatic heterocycles. The topological polar surface area (TPSA) is 0 Å². The third-order valence-corrected chi connectivity index (χ3v) is 5.44. The highest BCUT2D eigenvalue weighted by Crippen LogP contribution is 2.40. The van der Waals surface area contributed by atoms with Crippen molar-refractivity contribution >= 4 is 10.8 Å². The summed E-state index contributed by atoms with van der Waals surface area (Å²) in [5.41, 5.74) is 2.98. The third kappa shape index (κ3) is 5.59. The fourth-order valence-corrected chi connectivity index (χ4v) is 4.15. The maximum absolute atomic E-state index is 2.42. The van der Waals surface area contributed by atoms with Crippen LogP contribution in [0, 0.1) is 18.8 Å². The average Bonchev–Trinajstić information content (AvgIpc) is 2.63. The Kier molecular flexibility index (Phi) is 9.86. The zero-order valence-electron chi connectivity index (χ0n) is 17.7. The van der Waals surface area contributed by atoms with Crippen molar-refractivity contribution in [2.75, 3.05) is 0 Å². The van der Waals surface area contributed by atoms with Crippen LogP contribution in [0.3, 0.4) is 0 Å². The van der Waals surface area contributed by atoms with Gasteiger partial charge in [-0.3, -0.25) is 0 Å². The molecule has 2 atom stereocenters. The normalized spacial score (nSPS) is 13.4. The Hall–Kier alpha value is -1.30. The van der Waals surface area contributed by atoms with E-state index in [1.165, 1.54) is 48.4 Å². The maximum atomic E-state index is 2.42. The van der Waals surface area contributed by atoms with Crippen LogP contribution in [0.1, 0.15) is 90.7 Å². The second kappa shape index (κ2) is 11.3. The first kappa shape index (κ1) is 21.7. The van der Waals surface area contributed by atoms with Crippen LogP contribution in [-0.2, 0) is 0 Å². The summed E-state index contributed by atoms with van der Waals surface area (Å²) >= 11 is 0. The molecule has 0 heterocycles. The molecule has 0 saturated carbocycles. The summed E-state index contributed by atoms with van der Waals surface area (Å²) in [6, 6.07) is 13.7. The molecule has 25 heavy (non-hydrogen) atoms. The predicted octanol–water partition coefficient (Wildman–Crippen LogP) is 8.52. The lowest BCUT2D eigenvalue weighted by Gasteiger charge is -2.32. The van der Waals surface area contributed by atoms with Crippen molar-refractivity contribution in [2.45, 2.75) is 86.5 Å². The molecule has 2 unspecified atom stereocenters. The van der Waals surface area contributed by atoms with E-state index in [9.17, 15) is 0 Å². The van der Waals surface area contributed by atoms with E-state index >= 15 is 0 Å². The van der Waals surface area contributed by atoms with E-state index in [0.717, 1.165) is 11.8 Å². The minimum Gasteiger partial charge on any atom is -0.0683 e. The lowest BCUT2D eigenvalue weighted by molar-refractivity contribution is 0.279. The van der Waals surface area contributed by atoms with E-state index in [2.05, 4.69) is 71.0 Å². The molecule has 0 aromatic heterocycles. The highest BCUT2D eigenvalue weighted by atomic mass is 14.3. The molecular formula is C25H40. The zero-order valence-corrected chi connectivity index (χ0v) is 17.7. The Balaban J connectivity index is 0.00000151. The van der Waals surface area contributed by atoms with Crippen LogP contribution in [0.15, 0.2) is 36.4 Å². The molecule has 2 rings (SSSR count). The van der Waals surface area contributed by atoms with E-state index in [0.29, 0.717) is 5.92 Å². The van der Waals surface area contributed by atoms with Crippen LogP contribution in [-0.4, -0.2) is 0 Å². The lowest BCUT2D eigenvalue weighted by atomic mass is 9.73. The van der Waals surface area contributed by atoms with Gasteiger partial charge in [0.2, 0.25) is 0 Å². The van der Waals surface area contributed by atoms with Gasteiger partial charge in [-0.2, -0.15) is 0 Å². The molecule has 0 spiro atoms. The number of hydrogen-bond donors (Lipinski definition) is 0. The van der Waals surface area contributed by atoms with Crippen LogP contribution in [0.5, 0.6) is 0 Å². The minimum absolute atomic E-state index is 0.692. The fraction of sp³-hybridized carbons (Fsp3) is 0.600. The van der Waals surface area contributed by atoms with Crippen molar-refractivity contribution in [3.05, 3.63) is 47.5 Å². The van der Waals surface area contributed by atoms with Gasteiger partial charge in [-0.15, -0.1) is 0 Å². The van der Waals surface area contributed by atoms with E-state index < -0.39 is 0 Å². The summed E-state index contributed by atoms with van der Waals surface area (Å²) in [7, 11) is 0. The number of hydrogen-bond acceptors (Lipinski definition) is 0. The quantitative estimate of drug-likeness (QED) is 0.451. The fourth-order valence-electron chi connectivity index (χ4n) is 4.15. The Bertz CT molecular complexity index is 608. The van der Waals surface area contributed by atoms with Gasteiger partial charge in [0.15, 0.2) is 0 Å². The maximum Gasteiger partial charge on any atom is -0.0125 e. The van der Waals surface area contributed by atoms with Crippen molar-refractivity contribution in [3.8, 4) is 0 Å². The molecule has 0 aliphatic rings. The molecule has 0 saturated heterocycles. The first-order valence-electron chi connectivity index (χ1n) is 10.6. The lowest BCUT2D eigenvalue weighted by Crippen LogP contribution is -2.19. The van der Waals surface area contributed by atoms with Gasteiger partial charge in [0.05, 0.1) is 0 Å². The van der Waals surface area contributed by atoms with Crippen molar-refractivity contribution in [3.63, 3.8) is 0 Å². The van der Waals surface area contributed by atoms with E-state index in [4.69, 9.17) is 0 Å². The minimum atomic E-state index is 0.692. The van der Waals surface area contributed by atoms with Crippen LogP contribution in [0.2, 0.25) is 0 Å². The molecule has 0 heteroatoms. The van der Waals surface area contributed by atoms with Crippen LogP contribution < -0.4 is 0 Å². The Labute approximate surface area is 157 Å². The van der Waals surface area contributed by atoms with Crippen molar-refractivity contribution in [1.82, 2.24) is 0 Å². The largest absolute Gasteiger partial charge is 0.0683 e. The second-order valence-electron chi connectivity index (χ2n) is 7.46. The number of fused-ring (bicyclic) bond motifs is 1. The molecule has 0 bridgehead atoms. The molecule has 0 nitrogen and oxygen atoms in total.